The van der Waals surface area contributed by atoms with Crippen LogP contribution in [0.5, 0.6) is 5.75 Å². The fraction of sp³-hybridized carbons (Fsp3) is 0.182. The number of pyridine rings is 1. The lowest BCUT2D eigenvalue weighted by atomic mass is 10.1. The van der Waals surface area contributed by atoms with Crippen LogP contribution in [0.25, 0.3) is 0 Å². The van der Waals surface area contributed by atoms with Crippen LogP contribution in [0.1, 0.15) is 28.4 Å². The second-order valence-corrected chi connectivity index (χ2v) is 6.30. The standard InChI is InChI=1S/C22H23N3O2/c1-4-27-21-9-7-18(8-10-21)25-22(26)17-12-20(14-23-13-17)24-19-6-5-15(2)16(3)11-19/h5-14,24H,4H2,1-3H3,(H,25,26). The highest BCUT2D eigenvalue weighted by atomic mass is 16.5. The predicted molar refractivity (Wildman–Crippen MR) is 109 cm³/mol. The summed E-state index contributed by atoms with van der Waals surface area (Å²) >= 11 is 0. The zero-order valence-corrected chi connectivity index (χ0v) is 15.7. The molecule has 138 valence electrons. The number of hydrogen-bond acceptors (Lipinski definition) is 4. The van der Waals surface area contributed by atoms with Gasteiger partial charge in [0.05, 0.1) is 24.1 Å². The van der Waals surface area contributed by atoms with Gasteiger partial charge in [0.2, 0.25) is 0 Å². The summed E-state index contributed by atoms with van der Waals surface area (Å²) in [6.45, 7) is 6.69. The molecule has 0 aliphatic rings. The number of ether oxygens (including phenoxy) is 1. The average molecular weight is 361 g/mol. The minimum absolute atomic E-state index is 0.213. The summed E-state index contributed by atoms with van der Waals surface area (Å²) in [5, 5.41) is 6.17. The quantitative estimate of drug-likeness (QED) is 0.642. The lowest BCUT2D eigenvalue weighted by Crippen LogP contribution is -2.12. The highest BCUT2D eigenvalue weighted by Gasteiger charge is 2.08. The maximum Gasteiger partial charge on any atom is 0.257 e. The van der Waals surface area contributed by atoms with E-state index < -0.39 is 0 Å². The maximum absolute atomic E-state index is 12.5. The number of carbonyl (C=O) groups is 1. The summed E-state index contributed by atoms with van der Waals surface area (Å²) in [7, 11) is 0. The van der Waals surface area contributed by atoms with Crippen LogP contribution in [0.4, 0.5) is 17.1 Å². The smallest absolute Gasteiger partial charge is 0.257 e. The summed E-state index contributed by atoms with van der Waals surface area (Å²) in [5.74, 6) is 0.562. The van der Waals surface area contributed by atoms with Crippen molar-refractivity contribution in [3.8, 4) is 5.75 Å². The van der Waals surface area contributed by atoms with Crippen LogP contribution in [0.2, 0.25) is 0 Å². The molecule has 0 saturated heterocycles. The highest BCUT2D eigenvalue weighted by Crippen LogP contribution is 2.21. The van der Waals surface area contributed by atoms with Gasteiger partial charge in [-0.05, 0) is 74.4 Å². The van der Waals surface area contributed by atoms with Crippen molar-refractivity contribution < 1.29 is 9.53 Å². The second kappa shape index (κ2) is 8.36. The number of amides is 1. The van der Waals surface area contributed by atoms with E-state index in [2.05, 4.69) is 41.6 Å². The molecule has 5 nitrogen and oxygen atoms in total. The number of aryl methyl sites for hydroxylation is 2. The Bertz CT molecular complexity index is 937. The molecule has 27 heavy (non-hydrogen) atoms. The van der Waals surface area contributed by atoms with Gasteiger partial charge >= 0.3 is 0 Å². The van der Waals surface area contributed by atoms with Crippen molar-refractivity contribution in [3.63, 3.8) is 0 Å². The first-order valence-corrected chi connectivity index (χ1v) is 8.88. The number of nitrogens with zero attached hydrogens (tertiary/aromatic N) is 1. The normalized spacial score (nSPS) is 10.3. The van der Waals surface area contributed by atoms with Crippen molar-refractivity contribution in [2.45, 2.75) is 20.8 Å². The van der Waals surface area contributed by atoms with Gasteiger partial charge in [0.25, 0.3) is 5.91 Å². The molecule has 0 bridgehead atoms. The Hall–Kier alpha value is -3.34. The monoisotopic (exact) mass is 361 g/mol. The molecule has 0 aliphatic carbocycles. The summed E-state index contributed by atoms with van der Waals surface area (Å²) in [6.07, 6.45) is 3.25. The Labute approximate surface area is 159 Å². The van der Waals surface area contributed by atoms with Gasteiger partial charge in [0.1, 0.15) is 5.75 Å². The largest absolute Gasteiger partial charge is 0.494 e. The second-order valence-electron chi connectivity index (χ2n) is 6.30. The summed E-state index contributed by atoms with van der Waals surface area (Å²) in [4.78, 5) is 16.7. The number of aromatic nitrogens is 1. The first-order valence-electron chi connectivity index (χ1n) is 8.88. The van der Waals surface area contributed by atoms with Crippen LogP contribution in [0.3, 0.4) is 0 Å². The number of rotatable bonds is 6. The zero-order chi connectivity index (χ0) is 19.2. The Morgan fingerprint density at radius 3 is 2.37 bits per heavy atom. The molecule has 0 saturated carbocycles. The van der Waals surface area contributed by atoms with Crippen molar-refractivity contribution in [2.75, 3.05) is 17.2 Å². The van der Waals surface area contributed by atoms with Crippen LogP contribution < -0.4 is 15.4 Å². The van der Waals surface area contributed by atoms with Crippen molar-refractivity contribution in [2.24, 2.45) is 0 Å². The number of benzene rings is 2. The third kappa shape index (κ3) is 4.85. The van der Waals surface area contributed by atoms with E-state index >= 15 is 0 Å². The van der Waals surface area contributed by atoms with Gasteiger partial charge < -0.3 is 15.4 Å². The summed E-state index contributed by atoms with van der Waals surface area (Å²) < 4.78 is 5.41. The van der Waals surface area contributed by atoms with E-state index in [9.17, 15) is 4.79 Å². The molecular formula is C22H23N3O2. The fourth-order valence-electron chi connectivity index (χ4n) is 2.62. The van der Waals surface area contributed by atoms with E-state index in [1.807, 2.05) is 37.3 Å². The first kappa shape index (κ1) is 18.5. The number of nitrogens with one attached hydrogen (secondary N) is 2. The molecule has 3 aromatic rings. The van der Waals surface area contributed by atoms with Crippen molar-refractivity contribution in [3.05, 3.63) is 77.6 Å². The SMILES string of the molecule is CCOc1ccc(NC(=O)c2cncc(Nc3ccc(C)c(C)c3)c2)cc1. The topological polar surface area (TPSA) is 63.2 Å². The molecule has 1 aromatic heterocycles. The summed E-state index contributed by atoms with van der Waals surface area (Å²) in [5.41, 5.74) is 5.36. The molecule has 0 atom stereocenters. The minimum Gasteiger partial charge on any atom is -0.494 e. The van der Waals surface area contributed by atoms with E-state index in [-0.39, 0.29) is 5.91 Å². The Morgan fingerprint density at radius 1 is 0.926 bits per heavy atom. The Balaban J connectivity index is 1.70. The molecule has 2 aromatic carbocycles. The van der Waals surface area contributed by atoms with Gasteiger partial charge in [0.15, 0.2) is 0 Å². The molecule has 0 fully saturated rings. The molecule has 0 aliphatic heterocycles. The molecule has 0 unspecified atom stereocenters. The van der Waals surface area contributed by atoms with Crippen molar-refractivity contribution in [1.82, 2.24) is 4.98 Å². The molecule has 0 spiro atoms. The first-order chi connectivity index (χ1) is 13.0. The molecule has 5 heteroatoms. The van der Waals surface area contributed by atoms with Crippen LogP contribution >= 0.6 is 0 Å². The van der Waals surface area contributed by atoms with E-state index in [0.717, 1.165) is 17.1 Å². The van der Waals surface area contributed by atoms with Crippen LogP contribution in [0, 0.1) is 13.8 Å². The molecule has 3 rings (SSSR count). The van der Waals surface area contributed by atoms with Crippen molar-refractivity contribution in [1.29, 1.82) is 0 Å². The number of hydrogen-bond donors (Lipinski definition) is 2. The van der Waals surface area contributed by atoms with Gasteiger partial charge in [-0.2, -0.15) is 0 Å². The highest BCUT2D eigenvalue weighted by molar-refractivity contribution is 6.04. The maximum atomic E-state index is 12.5. The van der Waals surface area contributed by atoms with Crippen LogP contribution in [-0.2, 0) is 0 Å². The van der Waals surface area contributed by atoms with Crippen LogP contribution in [0.15, 0.2) is 60.9 Å². The predicted octanol–water partition coefficient (Wildman–Crippen LogP) is 5.09. The van der Waals surface area contributed by atoms with Gasteiger partial charge in [-0.15, -0.1) is 0 Å². The lowest BCUT2D eigenvalue weighted by molar-refractivity contribution is 0.102. The number of carbonyl (C=O) groups excluding carboxylic acids is 1. The van der Waals surface area contributed by atoms with Gasteiger partial charge in [0, 0.05) is 17.6 Å². The van der Waals surface area contributed by atoms with E-state index in [1.54, 1.807) is 18.5 Å². The van der Waals surface area contributed by atoms with E-state index in [1.165, 1.54) is 11.1 Å². The minimum atomic E-state index is -0.213. The third-order valence-corrected chi connectivity index (χ3v) is 4.22. The van der Waals surface area contributed by atoms with Gasteiger partial charge in [-0.25, -0.2) is 0 Å². The van der Waals surface area contributed by atoms with E-state index in [0.29, 0.717) is 17.9 Å². The zero-order valence-electron chi connectivity index (χ0n) is 15.7. The molecule has 2 N–H and O–H groups in total. The fourth-order valence-corrected chi connectivity index (χ4v) is 2.62. The Kier molecular flexibility index (Phi) is 5.71. The molecule has 1 heterocycles. The molecular weight excluding hydrogens is 338 g/mol. The molecule has 0 radical (unpaired) electrons. The van der Waals surface area contributed by atoms with Gasteiger partial charge in [-0.3, -0.25) is 9.78 Å². The average Bonchev–Trinajstić information content (AvgIpc) is 2.67. The van der Waals surface area contributed by atoms with Crippen LogP contribution in [-0.4, -0.2) is 17.5 Å². The third-order valence-electron chi connectivity index (χ3n) is 4.22. The molecule has 1 amide bonds. The van der Waals surface area contributed by atoms with Gasteiger partial charge in [-0.1, -0.05) is 6.07 Å². The lowest BCUT2D eigenvalue weighted by Gasteiger charge is -2.10. The Morgan fingerprint density at radius 2 is 1.67 bits per heavy atom. The van der Waals surface area contributed by atoms with E-state index in [4.69, 9.17) is 4.74 Å². The number of anilines is 3. The van der Waals surface area contributed by atoms with Crippen molar-refractivity contribution >= 4 is 23.0 Å². The summed E-state index contributed by atoms with van der Waals surface area (Å²) in [6, 6.07) is 15.2.